The van der Waals surface area contributed by atoms with E-state index in [0.717, 1.165) is 0 Å². The fourth-order valence-electron chi connectivity index (χ4n) is 0.575. The summed E-state index contributed by atoms with van der Waals surface area (Å²) >= 11 is 0. The number of carbonyl (C=O) groups is 1. The van der Waals surface area contributed by atoms with E-state index in [0.29, 0.717) is 6.42 Å². The minimum atomic E-state index is -1.14. The Bertz CT molecular complexity index is 199. The quantitative estimate of drug-likeness (QED) is 0.103. The minimum absolute atomic E-state index is 0.0737. The maximum Gasteiger partial charge on any atom is 0.353 e. The van der Waals surface area contributed by atoms with Crippen molar-refractivity contribution in [2.75, 3.05) is 13.2 Å². The first-order chi connectivity index (χ1) is 5.83. The third kappa shape index (κ3) is 7.22. The summed E-state index contributed by atoms with van der Waals surface area (Å²) in [5.41, 5.74) is 4.87. The molecule has 7 N–H and O–H groups in total. The Morgan fingerprint density at radius 3 is 2.46 bits per heavy atom. The van der Waals surface area contributed by atoms with Crippen molar-refractivity contribution < 1.29 is 19.6 Å². The van der Waals surface area contributed by atoms with Crippen LogP contribution in [-0.4, -0.2) is 29.2 Å². The van der Waals surface area contributed by atoms with Crippen molar-refractivity contribution >= 4 is 5.97 Å². The largest absolute Gasteiger partial charge is 0.461 e. The van der Waals surface area contributed by atoms with Crippen molar-refractivity contribution in [3.8, 4) is 0 Å². The first-order valence-corrected chi connectivity index (χ1v) is 3.62. The highest BCUT2D eigenvalue weighted by Gasteiger charge is 2.12. The molecule has 0 aliphatic heterocycles. The number of quaternary nitrogens is 1. The summed E-state index contributed by atoms with van der Waals surface area (Å²) in [6.45, 7) is 3.34. The van der Waals surface area contributed by atoms with Gasteiger partial charge in [0.2, 0.25) is 0 Å². The van der Waals surface area contributed by atoms with E-state index in [4.69, 9.17) is 22.6 Å². The van der Waals surface area contributed by atoms with Crippen molar-refractivity contribution in [1.82, 2.24) is 0 Å². The second kappa shape index (κ2) is 4.77. The Balaban J connectivity index is 3.47. The standard InChI is InChI=1S/C6H15N4O3/c1-5(7)6(11)13-4-2-3-10(8,9)12/h12H,1-4,7-9H2/q+1. The molecule has 0 aromatic carbocycles. The van der Waals surface area contributed by atoms with Gasteiger partial charge in [0.05, 0.1) is 6.61 Å². The summed E-state index contributed by atoms with van der Waals surface area (Å²) in [6.07, 6.45) is 0.336. The lowest BCUT2D eigenvalue weighted by molar-refractivity contribution is -1.12. The molecule has 0 aromatic rings. The molecule has 0 aromatic heterocycles. The van der Waals surface area contributed by atoms with Crippen LogP contribution >= 0.6 is 0 Å². The van der Waals surface area contributed by atoms with Crippen molar-refractivity contribution in [1.29, 1.82) is 0 Å². The van der Waals surface area contributed by atoms with Crippen LogP contribution in [0.1, 0.15) is 6.42 Å². The molecule has 7 nitrogen and oxygen atoms in total. The Kier molecular flexibility index (Phi) is 4.35. The van der Waals surface area contributed by atoms with Crippen LogP contribution < -0.4 is 17.4 Å². The van der Waals surface area contributed by atoms with Crippen molar-refractivity contribution in [3.05, 3.63) is 12.3 Å². The van der Waals surface area contributed by atoms with Crippen molar-refractivity contribution in [2.24, 2.45) is 17.4 Å². The van der Waals surface area contributed by atoms with Crippen molar-refractivity contribution in [3.63, 3.8) is 0 Å². The van der Waals surface area contributed by atoms with E-state index < -0.39 is 10.8 Å². The molecule has 0 atom stereocenters. The topological polar surface area (TPSA) is 125 Å². The van der Waals surface area contributed by atoms with Gasteiger partial charge < -0.3 is 10.5 Å². The average Bonchev–Trinajstić information content (AvgIpc) is 1.95. The van der Waals surface area contributed by atoms with E-state index in [-0.39, 0.29) is 18.8 Å². The number of nitrogens with two attached hydrogens (primary N) is 3. The Morgan fingerprint density at radius 2 is 2.08 bits per heavy atom. The van der Waals surface area contributed by atoms with Crippen LogP contribution in [0.25, 0.3) is 0 Å². The van der Waals surface area contributed by atoms with E-state index >= 15 is 0 Å². The van der Waals surface area contributed by atoms with Gasteiger partial charge >= 0.3 is 5.97 Å². The number of hydrogen-bond donors (Lipinski definition) is 4. The molecule has 0 fully saturated rings. The molecular formula is C6H15N4O3+. The third-order valence-corrected chi connectivity index (χ3v) is 1.16. The van der Waals surface area contributed by atoms with Gasteiger partial charge in [-0.3, -0.25) is 0 Å². The van der Waals surface area contributed by atoms with Crippen LogP contribution in [0.15, 0.2) is 12.3 Å². The maximum atomic E-state index is 10.7. The summed E-state index contributed by atoms with van der Waals surface area (Å²) in [7, 11) is 0. The van der Waals surface area contributed by atoms with Gasteiger partial charge in [0.15, 0.2) is 6.54 Å². The minimum Gasteiger partial charge on any atom is -0.461 e. The fourth-order valence-corrected chi connectivity index (χ4v) is 0.575. The zero-order valence-corrected chi connectivity index (χ0v) is 7.27. The van der Waals surface area contributed by atoms with E-state index in [9.17, 15) is 4.79 Å². The number of nitrogens with zero attached hydrogens (tertiary/aromatic N) is 1. The van der Waals surface area contributed by atoms with Gasteiger partial charge in [-0.05, 0) is 4.86 Å². The predicted octanol–water partition coefficient (Wildman–Crippen LogP) is -1.65. The predicted molar refractivity (Wildman–Crippen MR) is 44.2 cm³/mol. The Labute approximate surface area is 75.8 Å². The molecule has 0 saturated carbocycles. The van der Waals surface area contributed by atoms with Crippen molar-refractivity contribution in [2.45, 2.75) is 6.42 Å². The van der Waals surface area contributed by atoms with Crippen LogP contribution in [0.3, 0.4) is 0 Å². The van der Waals surface area contributed by atoms with Gasteiger partial charge in [-0.25, -0.2) is 4.79 Å². The van der Waals surface area contributed by atoms with Gasteiger partial charge in [-0.15, -0.1) is 11.7 Å². The van der Waals surface area contributed by atoms with Gasteiger partial charge in [-0.2, -0.15) is 5.21 Å². The first kappa shape index (κ1) is 11.8. The molecule has 0 aliphatic rings. The fraction of sp³-hybridized carbons (Fsp3) is 0.500. The zero-order chi connectivity index (χ0) is 10.5. The first-order valence-electron chi connectivity index (χ1n) is 3.62. The SMILES string of the molecule is C=C(N)C(=O)OCCC[N+](N)(N)O. The van der Waals surface area contributed by atoms with Gasteiger partial charge in [-0.1, -0.05) is 6.58 Å². The molecule has 0 radical (unpaired) electrons. The lowest BCUT2D eigenvalue weighted by Crippen LogP contribution is -2.58. The molecule has 7 heteroatoms. The van der Waals surface area contributed by atoms with Crippen LogP contribution in [0.2, 0.25) is 0 Å². The lowest BCUT2D eigenvalue weighted by Gasteiger charge is -2.15. The number of ether oxygens (including phenoxy) is 1. The normalized spacial score (nSPS) is 11.0. The molecule has 0 amide bonds. The molecular weight excluding hydrogens is 176 g/mol. The summed E-state index contributed by atoms with van der Waals surface area (Å²) in [5.74, 6) is 9.32. The smallest absolute Gasteiger partial charge is 0.353 e. The number of esters is 1. The summed E-state index contributed by atoms with van der Waals surface area (Å²) in [6, 6.07) is 0. The Hall–Kier alpha value is -1.15. The molecule has 76 valence electrons. The van der Waals surface area contributed by atoms with E-state index in [1.54, 1.807) is 0 Å². The molecule has 0 bridgehead atoms. The second-order valence-corrected chi connectivity index (χ2v) is 2.62. The second-order valence-electron chi connectivity index (χ2n) is 2.62. The maximum absolute atomic E-state index is 10.7. The van der Waals surface area contributed by atoms with Crippen LogP contribution in [0, 0.1) is 0 Å². The van der Waals surface area contributed by atoms with E-state index in [1.807, 2.05) is 0 Å². The zero-order valence-electron chi connectivity index (χ0n) is 7.27. The highest BCUT2D eigenvalue weighted by Crippen LogP contribution is 1.90. The molecule has 0 saturated heterocycles. The monoisotopic (exact) mass is 191 g/mol. The van der Waals surface area contributed by atoms with E-state index in [1.165, 1.54) is 0 Å². The number of hydroxylamine groups is 1. The molecule has 0 heterocycles. The number of carbonyl (C=O) groups excluding carboxylic acids is 1. The Morgan fingerprint density at radius 1 is 1.54 bits per heavy atom. The summed E-state index contributed by atoms with van der Waals surface area (Å²) in [4.78, 5) is 9.55. The van der Waals surface area contributed by atoms with Gasteiger partial charge in [0, 0.05) is 6.42 Å². The summed E-state index contributed by atoms with van der Waals surface area (Å²) in [5, 5.41) is 8.80. The van der Waals surface area contributed by atoms with Crippen LogP contribution in [0.4, 0.5) is 0 Å². The molecule has 0 aliphatic carbocycles. The van der Waals surface area contributed by atoms with Gasteiger partial charge in [0.25, 0.3) is 0 Å². The highest BCUT2D eigenvalue weighted by atomic mass is 16.6. The van der Waals surface area contributed by atoms with Crippen LogP contribution in [0.5, 0.6) is 0 Å². The molecule has 0 unspecified atom stereocenters. The lowest BCUT2D eigenvalue weighted by atomic mass is 10.4. The number of rotatable bonds is 5. The summed E-state index contributed by atoms with van der Waals surface area (Å²) < 4.78 is 4.60. The number of hydrogen-bond acceptors (Lipinski definition) is 6. The highest BCUT2D eigenvalue weighted by molar-refractivity contribution is 5.86. The third-order valence-electron chi connectivity index (χ3n) is 1.16. The molecule has 0 spiro atoms. The molecule has 0 rings (SSSR count). The van der Waals surface area contributed by atoms with E-state index in [2.05, 4.69) is 11.3 Å². The van der Waals surface area contributed by atoms with Gasteiger partial charge in [0.1, 0.15) is 5.70 Å². The average molecular weight is 191 g/mol. The van der Waals surface area contributed by atoms with Crippen LogP contribution in [-0.2, 0) is 9.53 Å². The molecule has 13 heavy (non-hydrogen) atoms.